The molecule has 5 fully saturated rings. The van der Waals surface area contributed by atoms with Gasteiger partial charge in [0, 0.05) is 24.7 Å². The molecule has 2 N–H and O–H groups in total. The molecule has 0 aromatic rings. The molecule has 0 spiro atoms. The first-order valence-corrected chi connectivity index (χ1v) is 12.6. The first kappa shape index (κ1) is 21.9. The van der Waals surface area contributed by atoms with Crippen LogP contribution in [0.3, 0.4) is 0 Å². The molecule has 0 saturated heterocycles. The Balaban J connectivity index is 1.45. The molecule has 5 heteroatoms. The Labute approximate surface area is 186 Å². The molecule has 0 aliphatic heterocycles. The summed E-state index contributed by atoms with van der Waals surface area (Å²) in [5.74, 6) is 2.25. The lowest BCUT2D eigenvalue weighted by atomic mass is 9.43. The van der Waals surface area contributed by atoms with Crippen LogP contribution in [0.1, 0.15) is 85.5 Å². The minimum Gasteiger partial charge on any atom is -0.466 e. The molecule has 5 aliphatic rings. The molecule has 5 aliphatic carbocycles. The number of ketones is 1. The highest BCUT2D eigenvalue weighted by Crippen LogP contribution is 2.77. The molecule has 0 amide bonds. The second kappa shape index (κ2) is 6.79. The molecular formula is C26H40O5. The number of ether oxygens (including phenoxy) is 1. The third-order valence-electron chi connectivity index (χ3n) is 11.3. The minimum absolute atomic E-state index is 0.148. The second-order valence-electron chi connectivity index (χ2n) is 12.2. The van der Waals surface area contributed by atoms with Crippen molar-refractivity contribution in [1.29, 1.82) is 0 Å². The molecule has 0 aromatic carbocycles. The largest absolute Gasteiger partial charge is 0.466 e. The summed E-state index contributed by atoms with van der Waals surface area (Å²) in [6.07, 6.45) is 6.45. The van der Waals surface area contributed by atoms with Crippen molar-refractivity contribution < 1.29 is 24.5 Å². The number of carbonyl (C=O) groups excluding carboxylic acids is 2. The molecule has 0 heterocycles. The van der Waals surface area contributed by atoms with E-state index in [9.17, 15) is 19.8 Å². The van der Waals surface area contributed by atoms with Crippen LogP contribution in [-0.4, -0.2) is 39.8 Å². The molecule has 5 rings (SSSR count). The van der Waals surface area contributed by atoms with E-state index in [0.29, 0.717) is 49.5 Å². The Morgan fingerprint density at radius 3 is 2.55 bits per heavy atom. The Morgan fingerprint density at radius 2 is 1.84 bits per heavy atom. The van der Waals surface area contributed by atoms with Gasteiger partial charge in [0.05, 0.1) is 17.8 Å². The van der Waals surface area contributed by atoms with E-state index in [2.05, 4.69) is 20.8 Å². The smallest absolute Gasteiger partial charge is 0.305 e. The van der Waals surface area contributed by atoms with Crippen LogP contribution in [0.25, 0.3) is 0 Å². The Morgan fingerprint density at radius 1 is 1.10 bits per heavy atom. The van der Waals surface area contributed by atoms with Crippen LogP contribution in [0.5, 0.6) is 0 Å². The van der Waals surface area contributed by atoms with Crippen molar-refractivity contribution in [2.24, 2.45) is 46.3 Å². The monoisotopic (exact) mass is 432 g/mol. The Bertz CT molecular complexity index is 795. The summed E-state index contributed by atoms with van der Waals surface area (Å²) in [7, 11) is 0. The maximum atomic E-state index is 12.3. The predicted molar refractivity (Wildman–Crippen MR) is 116 cm³/mol. The van der Waals surface area contributed by atoms with Gasteiger partial charge in [0.2, 0.25) is 0 Å². The van der Waals surface area contributed by atoms with Gasteiger partial charge < -0.3 is 14.9 Å². The first-order valence-electron chi connectivity index (χ1n) is 12.6. The summed E-state index contributed by atoms with van der Waals surface area (Å²) in [6.45, 7) is 8.89. The fourth-order valence-electron chi connectivity index (χ4n) is 9.49. The molecular weight excluding hydrogens is 392 g/mol. The van der Waals surface area contributed by atoms with E-state index in [-0.39, 0.29) is 40.8 Å². The van der Waals surface area contributed by atoms with E-state index in [1.165, 1.54) is 0 Å². The number of rotatable bonds is 4. The van der Waals surface area contributed by atoms with Gasteiger partial charge in [0.1, 0.15) is 5.78 Å². The van der Waals surface area contributed by atoms with Crippen molar-refractivity contribution in [3.05, 3.63) is 0 Å². The Kier molecular flexibility index (Phi) is 4.79. The van der Waals surface area contributed by atoms with Crippen LogP contribution < -0.4 is 0 Å². The van der Waals surface area contributed by atoms with Gasteiger partial charge in [-0.05, 0) is 86.4 Å². The van der Waals surface area contributed by atoms with Gasteiger partial charge >= 0.3 is 5.97 Å². The average molecular weight is 433 g/mol. The lowest BCUT2D eigenvalue weighted by molar-refractivity contribution is -0.219. The van der Waals surface area contributed by atoms with Gasteiger partial charge in [-0.25, -0.2) is 0 Å². The van der Waals surface area contributed by atoms with Crippen LogP contribution in [0.4, 0.5) is 0 Å². The summed E-state index contributed by atoms with van der Waals surface area (Å²) in [4.78, 5) is 24.4. The summed E-state index contributed by atoms with van der Waals surface area (Å²) >= 11 is 0. The third-order valence-corrected chi connectivity index (χ3v) is 11.3. The molecule has 6 unspecified atom stereocenters. The summed E-state index contributed by atoms with van der Waals surface area (Å²) in [6, 6.07) is 0. The average Bonchev–Trinajstić information content (AvgIpc) is 3.48. The molecule has 5 nitrogen and oxygen atoms in total. The highest BCUT2D eigenvalue weighted by molar-refractivity contribution is 5.81. The highest BCUT2D eigenvalue weighted by atomic mass is 16.5. The van der Waals surface area contributed by atoms with E-state index in [1.54, 1.807) is 0 Å². The van der Waals surface area contributed by atoms with Crippen molar-refractivity contribution in [3.8, 4) is 0 Å². The van der Waals surface area contributed by atoms with Crippen LogP contribution in [0.15, 0.2) is 0 Å². The minimum atomic E-state index is -0.850. The van der Waals surface area contributed by atoms with Crippen LogP contribution in [0, 0.1) is 46.3 Å². The van der Waals surface area contributed by atoms with Crippen LogP contribution >= 0.6 is 0 Å². The fourth-order valence-corrected chi connectivity index (χ4v) is 9.49. The maximum absolute atomic E-state index is 12.3. The van der Waals surface area contributed by atoms with E-state index in [0.717, 1.165) is 32.1 Å². The van der Waals surface area contributed by atoms with Crippen molar-refractivity contribution in [2.75, 3.05) is 6.61 Å². The van der Waals surface area contributed by atoms with Gasteiger partial charge in [-0.1, -0.05) is 20.8 Å². The molecule has 31 heavy (non-hydrogen) atoms. The number of carbonyl (C=O) groups is 2. The van der Waals surface area contributed by atoms with Gasteiger partial charge in [0.15, 0.2) is 0 Å². The predicted octanol–water partition coefficient (Wildman–Crippen LogP) is 3.89. The highest BCUT2D eigenvalue weighted by Gasteiger charge is 2.76. The second-order valence-corrected chi connectivity index (χ2v) is 12.2. The molecule has 5 saturated carbocycles. The fraction of sp³-hybridized carbons (Fsp3) is 0.923. The standard InChI is InChI=1S/C26H40O5/c1-5-31-21(28)8-11-25(29)15(2)12-20-22-17-13-19(17)26(30)14-16(27)6-9-23(26,3)18(22)7-10-24(20,25)4/h15,17-20,22,29-30H,5-14H2,1-4H3/t15?,17?,18?,19?,20?,22?,23-,24+,25+,26-/m1/s1. The van der Waals surface area contributed by atoms with E-state index in [1.807, 2.05) is 6.92 Å². The van der Waals surface area contributed by atoms with Gasteiger partial charge in [0.25, 0.3) is 0 Å². The van der Waals surface area contributed by atoms with Crippen LogP contribution in [-0.2, 0) is 14.3 Å². The number of hydrogen-bond donors (Lipinski definition) is 2. The van der Waals surface area contributed by atoms with Crippen molar-refractivity contribution in [1.82, 2.24) is 0 Å². The summed E-state index contributed by atoms with van der Waals surface area (Å²) < 4.78 is 5.15. The van der Waals surface area contributed by atoms with E-state index >= 15 is 0 Å². The van der Waals surface area contributed by atoms with Gasteiger partial charge in [-0.3, -0.25) is 9.59 Å². The number of aliphatic hydroxyl groups is 2. The third kappa shape index (κ3) is 2.68. The van der Waals surface area contributed by atoms with Crippen molar-refractivity contribution in [2.45, 2.75) is 96.7 Å². The quantitative estimate of drug-likeness (QED) is 0.659. The number of esters is 1. The van der Waals surface area contributed by atoms with Crippen molar-refractivity contribution in [3.63, 3.8) is 0 Å². The summed E-state index contributed by atoms with van der Waals surface area (Å²) in [5, 5.41) is 23.8. The zero-order valence-electron chi connectivity index (χ0n) is 19.7. The first-order chi connectivity index (χ1) is 14.5. The van der Waals surface area contributed by atoms with Crippen LogP contribution in [0.2, 0.25) is 0 Å². The molecule has 0 radical (unpaired) electrons. The molecule has 10 atom stereocenters. The zero-order valence-corrected chi connectivity index (χ0v) is 19.7. The number of Topliss-reactive ketones (excluding diaryl/α,β-unsaturated/α-hetero) is 1. The SMILES string of the molecule is CCOC(=O)CC[C@]1(O)C(C)CC2C3C4CC4[C@]4(O)CC(=O)CC[C@]4(C)C3CC[C@@]21C. The lowest BCUT2D eigenvalue weighted by Crippen LogP contribution is -2.64. The maximum Gasteiger partial charge on any atom is 0.305 e. The molecule has 0 aromatic heterocycles. The van der Waals surface area contributed by atoms with Crippen molar-refractivity contribution >= 4 is 11.8 Å². The van der Waals surface area contributed by atoms with Gasteiger partial charge in [-0.2, -0.15) is 0 Å². The number of fused-ring (bicyclic) bond motifs is 8. The zero-order chi connectivity index (χ0) is 22.4. The summed E-state index contributed by atoms with van der Waals surface area (Å²) in [5.41, 5.74) is -2.08. The normalized spacial score (nSPS) is 55.0. The topological polar surface area (TPSA) is 83.8 Å². The number of hydrogen-bond acceptors (Lipinski definition) is 5. The molecule has 0 bridgehead atoms. The van der Waals surface area contributed by atoms with Gasteiger partial charge in [-0.15, -0.1) is 0 Å². The molecule has 174 valence electrons. The van der Waals surface area contributed by atoms with E-state index < -0.39 is 11.2 Å². The van der Waals surface area contributed by atoms with E-state index in [4.69, 9.17) is 4.74 Å². The Hall–Kier alpha value is -0.940. The lowest BCUT2D eigenvalue weighted by Gasteiger charge is -2.63.